The summed E-state index contributed by atoms with van der Waals surface area (Å²) in [6, 6.07) is 0. The molecule has 0 amide bonds. The van der Waals surface area contributed by atoms with Crippen molar-refractivity contribution in [1.29, 1.82) is 0 Å². The Hall–Kier alpha value is -2.92. The predicted molar refractivity (Wildman–Crippen MR) is 251 cm³/mol. The molecule has 1 atom stereocenters. The standard InChI is InChI=1S/C53H90O5/c1-4-7-10-13-16-18-20-22-24-26-27-29-30-32-34-36-38-40-43-46-52(54)57-50-51(49-56-48-45-42-15-12-9-6-3)58-53(55)47-44-41-39-37-35-33-31-28-25-23-21-19-17-14-11-8-5-2/h7,10,16,18,22-25,27,29,32,34,38,40,51H,4-6,8-9,11-15,17,19-21,26,28,30-31,33,35-37,39,41-50H2,1-3H3/b10-7-,18-16-,24-22-,25-23-,29-27-,34-32-,40-38-. The van der Waals surface area contributed by atoms with Gasteiger partial charge in [0.2, 0.25) is 0 Å². The van der Waals surface area contributed by atoms with Crippen LogP contribution in [0, 0.1) is 0 Å². The summed E-state index contributed by atoms with van der Waals surface area (Å²) in [5.41, 5.74) is 0. The minimum absolute atomic E-state index is 0.0407. The SMILES string of the molecule is CC/C=C\C/C=C\C/C=C\C/C=C\C/C=C\C/C=C\CCC(=O)OCC(COCCCCCCCC)OC(=O)CCCCCCCCC/C=C\CCCCCCCC. The van der Waals surface area contributed by atoms with Gasteiger partial charge in [-0.2, -0.15) is 0 Å². The Labute approximate surface area is 359 Å². The number of allylic oxidation sites excluding steroid dienone is 14. The van der Waals surface area contributed by atoms with Crippen LogP contribution in [0.2, 0.25) is 0 Å². The molecule has 0 heterocycles. The molecule has 0 fully saturated rings. The molecule has 0 aromatic carbocycles. The van der Waals surface area contributed by atoms with E-state index in [1.807, 2.05) is 6.08 Å². The van der Waals surface area contributed by atoms with Gasteiger partial charge in [0.15, 0.2) is 6.10 Å². The zero-order valence-electron chi connectivity index (χ0n) is 38.0. The van der Waals surface area contributed by atoms with Gasteiger partial charge in [0.05, 0.1) is 6.61 Å². The summed E-state index contributed by atoms with van der Waals surface area (Å²) in [6.07, 6.45) is 63.2. The molecule has 0 radical (unpaired) electrons. The van der Waals surface area contributed by atoms with E-state index in [2.05, 4.69) is 99.8 Å². The summed E-state index contributed by atoms with van der Waals surface area (Å²) in [7, 11) is 0. The van der Waals surface area contributed by atoms with Crippen LogP contribution in [-0.2, 0) is 23.8 Å². The highest BCUT2D eigenvalue weighted by Crippen LogP contribution is 2.13. The first-order valence-electron chi connectivity index (χ1n) is 24.1. The van der Waals surface area contributed by atoms with E-state index in [0.717, 1.165) is 70.6 Å². The first kappa shape index (κ1) is 55.1. The van der Waals surface area contributed by atoms with Crippen LogP contribution in [0.15, 0.2) is 85.1 Å². The average Bonchev–Trinajstić information content (AvgIpc) is 3.22. The molecule has 0 aliphatic carbocycles. The van der Waals surface area contributed by atoms with E-state index in [0.29, 0.717) is 25.9 Å². The average molecular weight is 807 g/mol. The highest BCUT2D eigenvalue weighted by atomic mass is 16.6. The second-order valence-electron chi connectivity index (χ2n) is 15.6. The molecule has 332 valence electrons. The van der Waals surface area contributed by atoms with Crippen molar-refractivity contribution < 1.29 is 23.8 Å². The molecule has 5 nitrogen and oxygen atoms in total. The van der Waals surface area contributed by atoms with Gasteiger partial charge in [-0.05, 0) is 83.5 Å². The van der Waals surface area contributed by atoms with Gasteiger partial charge in [0, 0.05) is 19.4 Å². The Bertz CT molecular complexity index is 1090. The zero-order chi connectivity index (χ0) is 42.1. The number of esters is 2. The summed E-state index contributed by atoms with van der Waals surface area (Å²) < 4.78 is 17.2. The van der Waals surface area contributed by atoms with Crippen LogP contribution in [0.25, 0.3) is 0 Å². The maximum atomic E-state index is 12.7. The van der Waals surface area contributed by atoms with Gasteiger partial charge in [-0.25, -0.2) is 0 Å². The third kappa shape index (κ3) is 45.8. The van der Waals surface area contributed by atoms with E-state index in [1.165, 1.54) is 103 Å². The molecule has 0 N–H and O–H groups in total. The third-order valence-corrected chi connectivity index (χ3v) is 9.93. The Morgan fingerprint density at radius 1 is 0.397 bits per heavy atom. The van der Waals surface area contributed by atoms with Crippen molar-refractivity contribution in [1.82, 2.24) is 0 Å². The van der Waals surface area contributed by atoms with E-state index in [-0.39, 0.29) is 25.2 Å². The highest BCUT2D eigenvalue weighted by Gasteiger charge is 2.17. The fourth-order valence-electron chi connectivity index (χ4n) is 6.35. The van der Waals surface area contributed by atoms with Crippen LogP contribution in [0.5, 0.6) is 0 Å². The summed E-state index contributed by atoms with van der Waals surface area (Å²) >= 11 is 0. The fraction of sp³-hybridized carbons (Fsp3) is 0.698. The predicted octanol–water partition coefficient (Wildman–Crippen LogP) is 16.1. The van der Waals surface area contributed by atoms with Crippen LogP contribution in [0.1, 0.15) is 213 Å². The third-order valence-electron chi connectivity index (χ3n) is 9.93. The highest BCUT2D eigenvalue weighted by molar-refractivity contribution is 5.70. The van der Waals surface area contributed by atoms with Gasteiger partial charge in [0.25, 0.3) is 0 Å². The molecule has 0 aromatic rings. The van der Waals surface area contributed by atoms with E-state index >= 15 is 0 Å². The van der Waals surface area contributed by atoms with Crippen molar-refractivity contribution in [2.45, 2.75) is 219 Å². The lowest BCUT2D eigenvalue weighted by Crippen LogP contribution is -2.30. The van der Waals surface area contributed by atoms with Crippen LogP contribution >= 0.6 is 0 Å². The maximum Gasteiger partial charge on any atom is 0.306 e. The molecule has 5 heteroatoms. The topological polar surface area (TPSA) is 61.8 Å². The Morgan fingerprint density at radius 2 is 0.810 bits per heavy atom. The molecule has 1 unspecified atom stereocenters. The largest absolute Gasteiger partial charge is 0.462 e. The summed E-state index contributed by atoms with van der Waals surface area (Å²) in [5.74, 6) is -0.504. The van der Waals surface area contributed by atoms with Crippen molar-refractivity contribution in [3.8, 4) is 0 Å². The minimum atomic E-state index is -0.567. The number of rotatable bonds is 43. The van der Waals surface area contributed by atoms with Gasteiger partial charge in [-0.3, -0.25) is 9.59 Å². The molecule has 0 saturated carbocycles. The van der Waals surface area contributed by atoms with Gasteiger partial charge < -0.3 is 14.2 Å². The van der Waals surface area contributed by atoms with Crippen molar-refractivity contribution in [2.24, 2.45) is 0 Å². The smallest absolute Gasteiger partial charge is 0.306 e. The zero-order valence-corrected chi connectivity index (χ0v) is 38.0. The van der Waals surface area contributed by atoms with Gasteiger partial charge in [0.1, 0.15) is 6.61 Å². The lowest BCUT2D eigenvalue weighted by atomic mass is 10.1. The number of hydrogen-bond donors (Lipinski definition) is 0. The molecule has 0 spiro atoms. The van der Waals surface area contributed by atoms with Crippen molar-refractivity contribution in [3.63, 3.8) is 0 Å². The Morgan fingerprint density at radius 3 is 1.31 bits per heavy atom. The first-order valence-corrected chi connectivity index (χ1v) is 24.1. The van der Waals surface area contributed by atoms with Crippen LogP contribution in [0.4, 0.5) is 0 Å². The molecule has 0 aliphatic heterocycles. The molecule has 0 aliphatic rings. The first-order chi connectivity index (χ1) is 28.6. The molecule has 0 bridgehead atoms. The summed E-state index contributed by atoms with van der Waals surface area (Å²) in [4.78, 5) is 25.2. The molecule has 0 saturated heterocycles. The molecule has 58 heavy (non-hydrogen) atoms. The second-order valence-corrected chi connectivity index (χ2v) is 15.6. The minimum Gasteiger partial charge on any atom is -0.462 e. The van der Waals surface area contributed by atoms with E-state index in [1.54, 1.807) is 0 Å². The lowest BCUT2D eigenvalue weighted by molar-refractivity contribution is -0.162. The second kappa shape index (κ2) is 48.4. The van der Waals surface area contributed by atoms with E-state index in [4.69, 9.17) is 14.2 Å². The molecule has 0 rings (SSSR count). The quantitative estimate of drug-likeness (QED) is 0.0349. The number of unbranched alkanes of at least 4 members (excludes halogenated alkanes) is 18. The normalized spacial score (nSPS) is 12.9. The summed E-state index contributed by atoms with van der Waals surface area (Å²) in [6.45, 7) is 7.58. The maximum absolute atomic E-state index is 12.7. The lowest BCUT2D eigenvalue weighted by Gasteiger charge is -2.18. The van der Waals surface area contributed by atoms with Crippen molar-refractivity contribution in [2.75, 3.05) is 19.8 Å². The van der Waals surface area contributed by atoms with Gasteiger partial charge in [-0.15, -0.1) is 0 Å². The van der Waals surface area contributed by atoms with Crippen molar-refractivity contribution >= 4 is 11.9 Å². The van der Waals surface area contributed by atoms with Gasteiger partial charge in [-0.1, -0.05) is 202 Å². The van der Waals surface area contributed by atoms with Gasteiger partial charge >= 0.3 is 11.9 Å². The molecule has 0 aromatic heterocycles. The van der Waals surface area contributed by atoms with E-state index < -0.39 is 6.10 Å². The number of carbonyl (C=O) groups is 2. The van der Waals surface area contributed by atoms with Crippen LogP contribution < -0.4 is 0 Å². The van der Waals surface area contributed by atoms with E-state index in [9.17, 15) is 9.59 Å². The summed E-state index contributed by atoms with van der Waals surface area (Å²) in [5, 5.41) is 0. The van der Waals surface area contributed by atoms with Crippen LogP contribution in [0.3, 0.4) is 0 Å². The Kier molecular flexibility index (Phi) is 46.0. The Balaban J connectivity index is 4.23. The van der Waals surface area contributed by atoms with Crippen LogP contribution in [-0.4, -0.2) is 37.9 Å². The fourth-order valence-corrected chi connectivity index (χ4v) is 6.35. The molecular formula is C53H90O5. The number of ether oxygens (including phenoxy) is 3. The number of hydrogen-bond acceptors (Lipinski definition) is 5. The molecular weight excluding hydrogens is 717 g/mol. The number of carbonyl (C=O) groups excluding carboxylic acids is 2. The monoisotopic (exact) mass is 807 g/mol. The van der Waals surface area contributed by atoms with Crippen molar-refractivity contribution in [3.05, 3.63) is 85.1 Å².